The van der Waals surface area contributed by atoms with Gasteiger partial charge in [-0.25, -0.2) is 4.79 Å². The number of benzene rings is 2. The van der Waals surface area contributed by atoms with Crippen molar-refractivity contribution in [1.29, 1.82) is 0 Å². The van der Waals surface area contributed by atoms with Crippen molar-refractivity contribution in [2.45, 2.75) is 13.8 Å². The van der Waals surface area contributed by atoms with Gasteiger partial charge in [0.25, 0.3) is 5.89 Å². The summed E-state index contributed by atoms with van der Waals surface area (Å²) in [5, 5.41) is 8.87. The lowest BCUT2D eigenvalue weighted by atomic mass is 10.1. The molecule has 0 bridgehead atoms. The molecule has 0 aliphatic heterocycles. The number of ether oxygens (including phenoxy) is 1. The number of rotatable bonds is 6. The van der Waals surface area contributed by atoms with Crippen molar-refractivity contribution in [3.63, 3.8) is 0 Å². The van der Waals surface area contributed by atoms with E-state index in [9.17, 15) is 4.79 Å². The van der Waals surface area contributed by atoms with Gasteiger partial charge in [0.2, 0.25) is 5.89 Å². The summed E-state index contributed by atoms with van der Waals surface area (Å²) in [5.41, 5.74) is 1.99. The van der Waals surface area contributed by atoms with Gasteiger partial charge in [0.15, 0.2) is 0 Å². The van der Waals surface area contributed by atoms with Gasteiger partial charge in [-0.05, 0) is 56.3 Å². The third-order valence-electron chi connectivity index (χ3n) is 4.84. The summed E-state index contributed by atoms with van der Waals surface area (Å²) >= 11 is 0. The molecule has 29 heavy (non-hydrogen) atoms. The summed E-state index contributed by atoms with van der Waals surface area (Å²) in [6.45, 7) is 5.92. The summed E-state index contributed by atoms with van der Waals surface area (Å²) in [6, 6.07) is 14.8. The summed E-state index contributed by atoms with van der Waals surface area (Å²) in [5.74, 6) is 1.17. The lowest BCUT2D eigenvalue weighted by Crippen LogP contribution is -2.21. The fourth-order valence-electron chi connectivity index (χ4n) is 3.22. The molecule has 0 radical (unpaired) electrons. The molecule has 2 heterocycles. The molecule has 0 fully saturated rings. The van der Waals surface area contributed by atoms with Gasteiger partial charge in [0.05, 0.1) is 7.11 Å². The van der Waals surface area contributed by atoms with Crippen LogP contribution >= 0.6 is 0 Å². The SMILES string of the molecule is CCN(CC)c1ccc2cc(-c3nnc(-c4ccc(OC)cc4)o3)c(=O)oc2c1. The number of fused-ring (bicyclic) bond motifs is 1. The second-order valence-electron chi connectivity index (χ2n) is 6.48. The lowest BCUT2D eigenvalue weighted by molar-refractivity contribution is 0.415. The third kappa shape index (κ3) is 3.59. The fraction of sp³-hybridized carbons (Fsp3) is 0.227. The predicted molar refractivity (Wildman–Crippen MR) is 111 cm³/mol. The molecule has 0 N–H and O–H groups in total. The molecule has 0 atom stereocenters. The molecular formula is C22H21N3O4. The first-order valence-corrected chi connectivity index (χ1v) is 9.44. The molecule has 0 aliphatic rings. The van der Waals surface area contributed by atoms with Crippen molar-refractivity contribution >= 4 is 16.7 Å². The molecule has 2 aromatic heterocycles. The molecule has 0 saturated carbocycles. The first-order chi connectivity index (χ1) is 14.1. The Morgan fingerprint density at radius 1 is 0.931 bits per heavy atom. The minimum Gasteiger partial charge on any atom is -0.497 e. The number of aromatic nitrogens is 2. The highest BCUT2D eigenvalue weighted by Gasteiger charge is 2.16. The van der Waals surface area contributed by atoms with Gasteiger partial charge in [-0.3, -0.25) is 0 Å². The number of anilines is 1. The maximum atomic E-state index is 12.6. The smallest absolute Gasteiger partial charge is 0.349 e. The number of methoxy groups -OCH3 is 1. The van der Waals surface area contributed by atoms with E-state index >= 15 is 0 Å². The Morgan fingerprint density at radius 3 is 2.34 bits per heavy atom. The monoisotopic (exact) mass is 391 g/mol. The molecule has 7 nitrogen and oxygen atoms in total. The Kier molecular flexibility index (Phi) is 5.03. The second-order valence-corrected chi connectivity index (χ2v) is 6.48. The maximum Gasteiger partial charge on any atom is 0.349 e. The average Bonchev–Trinajstić information content (AvgIpc) is 3.24. The normalized spacial score (nSPS) is 11.0. The van der Waals surface area contributed by atoms with E-state index in [1.807, 2.05) is 30.3 Å². The van der Waals surface area contributed by atoms with Crippen molar-refractivity contribution in [2.24, 2.45) is 0 Å². The van der Waals surface area contributed by atoms with Crippen LogP contribution in [-0.2, 0) is 0 Å². The molecular weight excluding hydrogens is 370 g/mol. The first kappa shape index (κ1) is 18.7. The summed E-state index contributed by atoms with van der Waals surface area (Å²) in [7, 11) is 1.60. The van der Waals surface area contributed by atoms with Gasteiger partial charge in [0.1, 0.15) is 16.9 Å². The topological polar surface area (TPSA) is 81.6 Å². The van der Waals surface area contributed by atoms with Crippen LogP contribution in [0, 0.1) is 0 Å². The van der Waals surface area contributed by atoms with Crippen LogP contribution in [0.3, 0.4) is 0 Å². The van der Waals surface area contributed by atoms with Crippen LogP contribution in [0.15, 0.2) is 62.2 Å². The van der Waals surface area contributed by atoms with E-state index < -0.39 is 5.63 Å². The molecule has 4 rings (SSSR count). The number of hydrogen-bond acceptors (Lipinski definition) is 7. The zero-order chi connectivity index (χ0) is 20.4. The summed E-state index contributed by atoms with van der Waals surface area (Å²) in [6.07, 6.45) is 0. The second kappa shape index (κ2) is 7.79. The summed E-state index contributed by atoms with van der Waals surface area (Å²) < 4.78 is 16.4. The Labute approximate surface area is 167 Å². The largest absolute Gasteiger partial charge is 0.497 e. The molecule has 0 amide bonds. The van der Waals surface area contributed by atoms with Crippen molar-refractivity contribution in [3.8, 4) is 28.7 Å². The Balaban J connectivity index is 1.70. The van der Waals surface area contributed by atoms with E-state index in [1.165, 1.54) is 0 Å². The highest BCUT2D eigenvalue weighted by atomic mass is 16.5. The van der Waals surface area contributed by atoms with Crippen molar-refractivity contribution in [3.05, 3.63) is 59.0 Å². The molecule has 0 saturated heterocycles. The van der Waals surface area contributed by atoms with Crippen LogP contribution in [0.1, 0.15) is 13.8 Å². The Bertz CT molecular complexity index is 1190. The van der Waals surface area contributed by atoms with Crippen LogP contribution in [0.4, 0.5) is 5.69 Å². The molecule has 7 heteroatoms. The van der Waals surface area contributed by atoms with Gasteiger partial charge in [-0.1, -0.05) is 0 Å². The molecule has 0 unspecified atom stereocenters. The van der Waals surface area contributed by atoms with Gasteiger partial charge in [0, 0.05) is 35.8 Å². The molecule has 148 valence electrons. The molecule has 0 spiro atoms. The average molecular weight is 391 g/mol. The van der Waals surface area contributed by atoms with E-state index in [2.05, 4.69) is 28.9 Å². The van der Waals surface area contributed by atoms with Crippen LogP contribution in [0.25, 0.3) is 33.9 Å². The van der Waals surface area contributed by atoms with Gasteiger partial charge in [-0.2, -0.15) is 0 Å². The molecule has 4 aromatic rings. The van der Waals surface area contributed by atoms with Gasteiger partial charge >= 0.3 is 5.63 Å². The van der Waals surface area contributed by atoms with Crippen LogP contribution in [-0.4, -0.2) is 30.4 Å². The van der Waals surface area contributed by atoms with Crippen molar-refractivity contribution in [1.82, 2.24) is 10.2 Å². The standard InChI is InChI=1S/C22H21N3O4/c1-4-25(5-2)16-9-6-15-12-18(22(26)28-19(15)13-16)21-24-23-20(29-21)14-7-10-17(27-3)11-8-14/h6-13H,4-5H2,1-3H3. The number of nitrogens with zero attached hydrogens (tertiary/aromatic N) is 3. The molecule has 0 aliphatic carbocycles. The first-order valence-electron chi connectivity index (χ1n) is 9.44. The fourth-order valence-corrected chi connectivity index (χ4v) is 3.22. The van der Waals surface area contributed by atoms with Crippen LogP contribution in [0.5, 0.6) is 5.75 Å². The predicted octanol–water partition coefficient (Wildman–Crippen LogP) is 4.36. The minimum atomic E-state index is -0.515. The molecule has 2 aromatic carbocycles. The minimum absolute atomic E-state index is 0.124. The quantitative estimate of drug-likeness (QED) is 0.452. The van der Waals surface area contributed by atoms with Crippen LogP contribution in [0.2, 0.25) is 0 Å². The van der Waals surface area contributed by atoms with E-state index in [0.29, 0.717) is 11.5 Å². The zero-order valence-electron chi connectivity index (χ0n) is 16.5. The van der Waals surface area contributed by atoms with Crippen molar-refractivity contribution in [2.75, 3.05) is 25.1 Å². The van der Waals surface area contributed by atoms with E-state index in [-0.39, 0.29) is 11.5 Å². The van der Waals surface area contributed by atoms with Gasteiger partial charge in [-0.15, -0.1) is 10.2 Å². The third-order valence-corrected chi connectivity index (χ3v) is 4.84. The van der Waals surface area contributed by atoms with Crippen molar-refractivity contribution < 1.29 is 13.6 Å². The van der Waals surface area contributed by atoms with E-state index in [1.54, 1.807) is 25.3 Å². The lowest BCUT2D eigenvalue weighted by Gasteiger charge is -2.20. The van der Waals surface area contributed by atoms with E-state index in [0.717, 1.165) is 35.5 Å². The summed E-state index contributed by atoms with van der Waals surface area (Å²) in [4.78, 5) is 14.7. The Hall–Kier alpha value is -3.61. The number of hydrogen-bond donors (Lipinski definition) is 0. The maximum absolute atomic E-state index is 12.6. The highest BCUT2D eigenvalue weighted by molar-refractivity contribution is 5.83. The highest BCUT2D eigenvalue weighted by Crippen LogP contribution is 2.27. The van der Waals surface area contributed by atoms with E-state index in [4.69, 9.17) is 13.6 Å². The van der Waals surface area contributed by atoms with Crippen LogP contribution < -0.4 is 15.3 Å². The Morgan fingerprint density at radius 2 is 1.66 bits per heavy atom. The van der Waals surface area contributed by atoms with Gasteiger partial charge < -0.3 is 18.5 Å². The zero-order valence-corrected chi connectivity index (χ0v) is 16.5.